The lowest BCUT2D eigenvalue weighted by atomic mass is 10.1. The minimum Gasteiger partial charge on any atom is -0.497 e. The van der Waals surface area contributed by atoms with Gasteiger partial charge in [0.2, 0.25) is 0 Å². The van der Waals surface area contributed by atoms with Gasteiger partial charge in [0.15, 0.2) is 0 Å². The average molecular weight is 310 g/mol. The first-order valence-corrected chi connectivity index (χ1v) is 7.08. The van der Waals surface area contributed by atoms with Crippen LogP contribution in [0.15, 0.2) is 60.3 Å². The highest BCUT2D eigenvalue weighted by Gasteiger charge is 2.13. The van der Waals surface area contributed by atoms with E-state index >= 15 is 0 Å². The lowest BCUT2D eigenvalue weighted by Crippen LogP contribution is -2.33. The van der Waals surface area contributed by atoms with Gasteiger partial charge in [-0.1, -0.05) is 30.3 Å². The van der Waals surface area contributed by atoms with E-state index in [-0.39, 0.29) is 17.5 Å². The fourth-order valence-electron chi connectivity index (χ4n) is 1.98. The van der Waals surface area contributed by atoms with E-state index in [2.05, 4.69) is 10.6 Å². The topological polar surface area (TPSA) is 67.4 Å². The Labute approximate surface area is 135 Å². The summed E-state index contributed by atoms with van der Waals surface area (Å²) in [5.41, 5.74) is 1.39. The molecule has 0 bridgehead atoms. The van der Waals surface area contributed by atoms with Crippen molar-refractivity contribution in [3.05, 3.63) is 71.4 Å². The maximum Gasteiger partial charge on any atom is 0.267 e. The summed E-state index contributed by atoms with van der Waals surface area (Å²) in [4.78, 5) is 24.2. The number of carbonyl (C=O) groups excluding carboxylic acids is 2. The van der Waals surface area contributed by atoms with Gasteiger partial charge < -0.3 is 15.4 Å². The molecule has 0 unspecified atom stereocenters. The van der Waals surface area contributed by atoms with Crippen molar-refractivity contribution < 1.29 is 14.3 Å². The van der Waals surface area contributed by atoms with Crippen molar-refractivity contribution in [2.75, 3.05) is 14.2 Å². The number of nitrogens with one attached hydrogen (secondary N) is 2. The Bertz CT molecular complexity index is 724. The van der Waals surface area contributed by atoms with E-state index in [1.165, 1.54) is 7.05 Å². The lowest BCUT2D eigenvalue weighted by molar-refractivity contribution is -0.117. The van der Waals surface area contributed by atoms with Crippen LogP contribution in [-0.2, 0) is 4.79 Å². The molecule has 0 aliphatic rings. The van der Waals surface area contributed by atoms with Crippen molar-refractivity contribution in [2.24, 2.45) is 0 Å². The quantitative estimate of drug-likeness (QED) is 0.832. The van der Waals surface area contributed by atoms with E-state index in [4.69, 9.17) is 4.74 Å². The molecular formula is C18H18N2O3. The van der Waals surface area contributed by atoms with E-state index in [1.807, 2.05) is 18.2 Å². The molecule has 2 rings (SSSR count). The van der Waals surface area contributed by atoms with Crippen molar-refractivity contribution in [1.82, 2.24) is 10.6 Å². The van der Waals surface area contributed by atoms with Gasteiger partial charge in [0.25, 0.3) is 11.8 Å². The normalized spacial score (nSPS) is 10.8. The molecule has 0 saturated carbocycles. The molecule has 0 saturated heterocycles. The molecule has 118 valence electrons. The van der Waals surface area contributed by atoms with Crippen LogP contribution in [0.2, 0.25) is 0 Å². The number of hydrogen-bond acceptors (Lipinski definition) is 3. The molecule has 2 aromatic carbocycles. The van der Waals surface area contributed by atoms with Gasteiger partial charge in [0.05, 0.1) is 7.11 Å². The van der Waals surface area contributed by atoms with Crippen molar-refractivity contribution in [3.63, 3.8) is 0 Å². The van der Waals surface area contributed by atoms with Crippen molar-refractivity contribution in [2.45, 2.75) is 0 Å². The molecule has 0 aliphatic carbocycles. The molecule has 23 heavy (non-hydrogen) atoms. The first-order chi connectivity index (χ1) is 11.1. The fourth-order valence-corrected chi connectivity index (χ4v) is 1.98. The van der Waals surface area contributed by atoms with E-state index in [0.717, 1.165) is 5.56 Å². The summed E-state index contributed by atoms with van der Waals surface area (Å²) in [7, 11) is 3.08. The van der Waals surface area contributed by atoms with Gasteiger partial charge in [0.1, 0.15) is 11.4 Å². The number of amides is 2. The number of methoxy groups -OCH3 is 1. The van der Waals surface area contributed by atoms with Crippen molar-refractivity contribution in [1.29, 1.82) is 0 Å². The van der Waals surface area contributed by atoms with E-state index in [9.17, 15) is 9.59 Å². The predicted octanol–water partition coefficient (Wildman–Crippen LogP) is 2.21. The maximum atomic E-state index is 12.2. The second-order valence-corrected chi connectivity index (χ2v) is 4.73. The fraction of sp³-hybridized carbons (Fsp3) is 0.111. The number of carbonyl (C=O) groups is 2. The molecule has 0 aliphatic heterocycles. The zero-order valence-electron chi connectivity index (χ0n) is 13.0. The number of ether oxygens (including phenoxy) is 1. The van der Waals surface area contributed by atoms with Gasteiger partial charge >= 0.3 is 0 Å². The third-order valence-electron chi connectivity index (χ3n) is 3.16. The molecule has 0 atom stereocenters. The summed E-state index contributed by atoms with van der Waals surface area (Å²) < 4.78 is 5.16. The minimum atomic E-state index is -0.378. The van der Waals surface area contributed by atoms with Gasteiger partial charge in [-0.15, -0.1) is 0 Å². The number of likely N-dealkylation sites (N-methyl/N-ethyl adjacent to an activating group) is 1. The second-order valence-electron chi connectivity index (χ2n) is 4.73. The maximum absolute atomic E-state index is 12.2. The van der Waals surface area contributed by atoms with Crippen LogP contribution in [0.4, 0.5) is 0 Å². The zero-order valence-corrected chi connectivity index (χ0v) is 13.0. The van der Waals surface area contributed by atoms with E-state index in [1.54, 1.807) is 49.6 Å². The molecule has 2 N–H and O–H groups in total. The van der Waals surface area contributed by atoms with E-state index in [0.29, 0.717) is 11.3 Å². The molecule has 2 amide bonds. The monoisotopic (exact) mass is 310 g/mol. The molecule has 5 heteroatoms. The summed E-state index contributed by atoms with van der Waals surface area (Å²) in [5.74, 6) is -0.0511. The standard InChI is InChI=1S/C18H18N2O3/c1-19-18(22)16(12-13-7-6-10-15(11-13)23-2)20-17(21)14-8-4-3-5-9-14/h3-12H,1-2H3,(H,19,22)(H,20,21)/b16-12+. The van der Waals surface area contributed by atoms with E-state index < -0.39 is 0 Å². The Morgan fingerprint density at radius 1 is 1.04 bits per heavy atom. The Morgan fingerprint density at radius 3 is 2.43 bits per heavy atom. The average Bonchev–Trinajstić information content (AvgIpc) is 2.61. The van der Waals surface area contributed by atoms with Crippen LogP contribution in [0.5, 0.6) is 5.75 Å². The largest absolute Gasteiger partial charge is 0.497 e. The molecule has 0 fully saturated rings. The van der Waals surface area contributed by atoms with Gasteiger partial charge in [0, 0.05) is 12.6 Å². The minimum absolute atomic E-state index is 0.162. The summed E-state index contributed by atoms with van der Waals surface area (Å²) >= 11 is 0. The molecule has 0 heterocycles. The molecule has 0 radical (unpaired) electrons. The molecular weight excluding hydrogens is 292 g/mol. The van der Waals surface area contributed by atoms with Gasteiger partial charge in [-0.25, -0.2) is 0 Å². The van der Waals surface area contributed by atoms with Crippen LogP contribution in [-0.4, -0.2) is 26.0 Å². The summed E-state index contributed by atoms with van der Waals surface area (Å²) in [6.07, 6.45) is 1.60. The third kappa shape index (κ3) is 4.44. The number of hydrogen-bond donors (Lipinski definition) is 2. The van der Waals surface area contributed by atoms with Gasteiger partial charge in [-0.05, 0) is 35.9 Å². The Morgan fingerprint density at radius 2 is 1.78 bits per heavy atom. The Kier molecular flexibility index (Phi) is 5.52. The highest BCUT2D eigenvalue weighted by molar-refractivity contribution is 6.05. The SMILES string of the molecule is CNC(=O)/C(=C\c1cccc(OC)c1)NC(=O)c1ccccc1. The van der Waals surface area contributed by atoms with Gasteiger partial charge in [-0.3, -0.25) is 9.59 Å². The summed E-state index contributed by atoms with van der Waals surface area (Å²) in [6, 6.07) is 15.9. The number of rotatable bonds is 5. The van der Waals surface area contributed by atoms with Crippen LogP contribution < -0.4 is 15.4 Å². The van der Waals surface area contributed by atoms with Crippen molar-refractivity contribution >= 4 is 17.9 Å². The summed E-state index contributed by atoms with van der Waals surface area (Å²) in [6.45, 7) is 0. The van der Waals surface area contributed by atoms with Crippen molar-refractivity contribution in [3.8, 4) is 5.75 Å². The highest BCUT2D eigenvalue weighted by Crippen LogP contribution is 2.15. The van der Waals surface area contributed by atoms with Crippen LogP contribution in [0.25, 0.3) is 6.08 Å². The molecule has 0 spiro atoms. The zero-order chi connectivity index (χ0) is 16.7. The third-order valence-corrected chi connectivity index (χ3v) is 3.16. The smallest absolute Gasteiger partial charge is 0.267 e. The van der Waals surface area contributed by atoms with Crippen LogP contribution in [0, 0.1) is 0 Å². The highest BCUT2D eigenvalue weighted by atomic mass is 16.5. The lowest BCUT2D eigenvalue weighted by Gasteiger charge is -2.09. The van der Waals surface area contributed by atoms with Crippen LogP contribution in [0.3, 0.4) is 0 Å². The van der Waals surface area contributed by atoms with Crippen LogP contribution >= 0.6 is 0 Å². The number of benzene rings is 2. The second kappa shape index (κ2) is 7.79. The molecule has 5 nitrogen and oxygen atoms in total. The summed E-state index contributed by atoms with van der Waals surface area (Å²) in [5, 5.41) is 5.16. The molecule has 0 aromatic heterocycles. The Balaban J connectivity index is 2.28. The van der Waals surface area contributed by atoms with Gasteiger partial charge in [-0.2, -0.15) is 0 Å². The predicted molar refractivity (Wildman–Crippen MR) is 88.9 cm³/mol. The first-order valence-electron chi connectivity index (χ1n) is 7.08. The molecule has 2 aromatic rings. The Hall–Kier alpha value is -3.08. The first kappa shape index (κ1) is 16.3. The van der Waals surface area contributed by atoms with Crippen LogP contribution in [0.1, 0.15) is 15.9 Å².